The van der Waals surface area contributed by atoms with Gasteiger partial charge in [0.2, 0.25) is 5.91 Å². The molecule has 0 unspecified atom stereocenters. The smallest absolute Gasteiger partial charge is 0.272 e. The highest BCUT2D eigenvalue weighted by Crippen LogP contribution is 2.30. The van der Waals surface area contributed by atoms with Crippen LogP contribution in [0.25, 0.3) is 5.69 Å². The summed E-state index contributed by atoms with van der Waals surface area (Å²) in [4.78, 5) is 31.0. The van der Waals surface area contributed by atoms with Crippen LogP contribution in [0.1, 0.15) is 16.8 Å². The molecule has 29 heavy (non-hydrogen) atoms. The first kappa shape index (κ1) is 19.8. The first-order valence-corrected chi connectivity index (χ1v) is 11.3. The molecule has 0 fully saturated rings. The third-order valence-corrected chi connectivity index (χ3v) is 6.67. The van der Waals surface area contributed by atoms with Crippen molar-refractivity contribution in [3.63, 3.8) is 0 Å². The van der Waals surface area contributed by atoms with Crippen molar-refractivity contribution in [3.8, 4) is 5.69 Å². The molecule has 0 saturated heterocycles. The molecule has 0 atom stereocenters. The van der Waals surface area contributed by atoms with Crippen LogP contribution in [0.15, 0.2) is 63.4 Å². The number of thioether (sulfide) groups is 2. The average molecular weight is 424 g/mol. The Hall–Kier alpha value is -2.51. The van der Waals surface area contributed by atoms with E-state index in [9.17, 15) is 9.59 Å². The van der Waals surface area contributed by atoms with E-state index in [0.29, 0.717) is 5.16 Å². The Morgan fingerprint density at radius 2 is 1.76 bits per heavy atom. The predicted octanol–water partition coefficient (Wildman–Crippen LogP) is 4.23. The van der Waals surface area contributed by atoms with E-state index in [-0.39, 0.29) is 17.2 Å². The summed E-state index contributed by atoms with van der Waals surface area (Å²) in [6.07, 6.45) is 0.785. The Balaban J connectivity index is 1.60. The molecule has 0 spiro atoms. The van der Waals surface area contributed by atoms with E-state index in [1.165, 1.54) is 11.8 Å². The topological polar surface area (TPSA) is 64.0 Å². The van der Waals surface area contributed by atoms with Gasteiger partial charge in [-0.3, -0.25) is 14.2 Å². The molecule has 1 aliphatic heterocycles. The molecule has 2 heterocycles. The zero-order chi connectivity index (χ0) is 20.4. The van der Waals surface area contributed by atoms with Crippen LogP contribution < -0.4 is 10.9 Å². The second-order valence-corrected chi connectivity index (χ2v) is 9.00. The number of rotatable bonds is 5. The fourth-order valence-electron chi connectivity index (χ4n) is 3.07. The second-order valence-electron chi connectivity index (χ2n) is 6.95. The maximum Gasteiger partial charge on any atom is 0.272 e. The Bertz CT molecular complexity index is 1110. The lowest BCUT2D eigenvalue weighted by atomic mass is 10.2. The minimum Gasteiger partial charge on any atom is -0.325 e. The standard InChI is InChI=1S/C22H21N3O2S2/c1-14-3-7-16(8-4-14)23-19(26)13-29-22-24-18-11-12-28-20(18)21(27)25(22)17-9-5-15(2)6-10-17/h3-10H,11-13H2,1-2H3,(H,23,26). The van der Waals surface area contributed by atoms with Gasteiger partial charge in [-0.1, -0.05) is 47.2 Å². The Morgan fingerprint density at radius 3 is 2.45 bits per heavy atom. The third kappa shape index (κ3) is 4.41. The number of carbonyl (C=O) groups is 1. The van der Waals surface area contributed by atoms with E-state index in [4.69, 9.17) is 4.98 Å². The lowest BCUT2D eigenvalue weighted by Gasteiger charge is -2.14. The maximum atomic E-state index is 13.1. The van der Waals surface area contributed by atoms with Gasteiger partial charge in [-0.05, 0) is 38.1 Å². The number of fused-ring (bicyclic) bond motifs is 1. The normalized spacial score (nSPS) is 12.6. The Labute approximate surface area is 177 Å². The van der Waals surface area contributed by atoms with Gasteiger partial charge in [0, 0.05) is 17.9 Å². The van der Waals surface area contributed by atoms with Crippen LogP contribution in [-0.2, 0) is 11.2 Å². The van der Waals surface area contributed by atoms with Crippen molar-refractivity contribution < 1.29 is 4.79 Å². The third-order valence-electron chi connectivity index (χ3n) is 4.63. The van der Waals surface area contributed by atoms with Gasteiger partial charge in [-0.25, -0.2) is 4.98 Å². The molecule has 0 radical (unpaired) electrons. The molecular weight excluding hydrogens is 402 g/mol. The molecule has 7 heteroatoms. The SMILES string of the molecule is Cc1ccc(NC(=O)CSc2nc3c(c(=O)n2-c2ccc(C)cc2)SCC3)cc1. The Morgan fingerprint density at radius 1 is 1.10 bits per heavy atom. The van der Waals surface area contributed by atoms with Crippen molar-refractivity contribution in [3.05, 3.63) is 75.7 Å². The number of aryl methyl sites for hydroxylation is 3. The van der Waals surface area contributed by atoms with E-state index in [0.717, 1.165) is 45.3 Å². The minimum absolute atomic E-state index is 0.0530. The summed E-state index contributed by atoms with van der Waals surface area (Å²) in [5.41, 5.74) is 4.57. The van der Waals surface area contributed by atoms with Gasteiger partial charge in [0.05, 0.1) is 22.0 Å². The molecule has 0 bridgehead atoms. The molecule has 2 aromatic carbocycles. The number of hydrogen-bond acceptors (Lipinski definition) is 5. The van der Waals surface area contributed by atoms with Gasteiger partial charge in [-0.2, -0.15) is 0 Å². The van der Waals surface area contributed by atoms with Gasteiger partial charge in [0.25, 0.3) is 5.56 Å². The maximum absolute atomic E-state index is 13.1. The highest BCUT2D eigenvalue weighted by Gasteiger charge is 2.23. The monoisotopic (exact) mass is 423 g/mol. The number of benzene rings is 2. The van der Waals surface area contributed by atoms with Gasteiger partial charge < -0.3 is 5.32 Å². The van der Waals surface area contributed by atoms with Crippen LogP contribution in [0.3, 0.4) is 0 Å². The molecule has 4 rings (SSSR count). The number of aromatic nitrogens is 2. The largest absolute Gasteiger partial charge is 0.325 e. The molecule has 0 saturated carbocycles. The minimum atomic E-state index is -0.126. The number of anilines is 1. The number of nitrogens with zero attached hydrogens (tertiary/aromatic N) is 2. The van der Waals surface area contributed by atoms with Crippen LogP contribution in [0.2, 0.25) is 0 Å². The van der Waals surface area contributed by atoms with Crippen LogP contribution in [-0.4, -0.2) is 27.0 Å². The first-order chi connectivity index (χ1) is 14.0. The number of nitrogens with one attached hydrogen (secondary N) is 1. The van der Waals surface area contributed by atoms with Crippen molar-refractivity contribution in [2.75, 3.05) is 16.8 Å². The number of amides is 1. The predicted molar refractivity (Wildman–Crippen MR) is 120 cm³/mol. The zero-order valence-corrected chi connectivity index (χ0v) is 17.9. The zero-order valence-electron chi connectivity index (χ0n) is 16.3. The first-order valence-electron chi connectivity index (χ1n) is 9.36. The lowest BCUT2D eigenvalue weighted by Crippen LogP contribution is -2.24. The molecule has 3 aromatic rings. The highest BCUT2D eigenvalue weighted by atomic mass is 32.2. The van der Waals surface area contributed by atoms with E-state index < -0.39 is 0 Å². The Kier molecular flexibility index (Phi) is 5.78. The van der Waals surface area contributed by atoms with Crippen LogP contribution in [0, 0.1) is 13.8 Å². The molecule has 1 aromatic heterocycles. The second kappa shape index (κ2) is 8.47. The number of hydrogen-bond donors (Lipinski definition) is 1. The van der Waals surface area contributed by atoms with Crippen molar-refractivity contribution in [1.29, 1.82) is 0 Å². The lowest BCUT2D eigenvalue weighted by molar-refractivity contribution is -0.113. The highest BCUT2D eigenvalue weighted by molar-refractivity contribution is 8.00. The average Bonchev–Trinajstić information content (AvgIpc) is 3.18. The van der Waals surface area contributed by atoms with Crippen LogP contribution in [0.5, 0.6) is 0 Å². The van der Waals surface area contributed by atoms with E-state index in [1.54, 1.807) is 16.3 Å². The molecular formula is C22H21N3O2S2. The molecule has 148 valence electrons. The number of carbonyl (C=O) groups excluding carboxylic acids is 1. The van der Waals surface area contributed by atoms with Crippen molar-refractivity contribution in [1.82, 2.24) is 9.55 Å². The summed E-state index contributed by atoms with van der Waals surface area (Å²) >= 11 is 2.85. The van der Waals surface area contributed by atoms with Crippen LogP contribution in [0.4, 0.5) is 5.69 Å². The fourth-order valence-corrected chi connectivity index (χ4v) is 4.93. The van der Waals surface area contributed by atoms with Gasteiger partial charge in [0.1, 0.15) is 0 Å². The molecule has 0 aliphatic carbocycles. The summed E-state index contributed by atoms with van der Waals surface area (Å²) in [5, 5.41) is 3.45. The summed E-state index contributed by atoms with van der Waals surface area (Å²) in [5.74, 6) is 0.921. The van der Waals surface area contributed by atoms with E-state index >= 15 is 0 Å². The van der Waals surface area contributed by atoms with E-state index in [1.807, 2.05) is 62.4 Å². The summed E-state index contributed by atoms with van der Waals surface area (Å²) in [6.45, 7) is 4.01. The van der Waals surface area contributed by atoms with Crippen LogP contribution >= 0.6 is 23.5 Å². The van der Waals surface area contributed by atoms with Gasteiger partial charge in [0.15, 0.2) is 5.16 Å². The molecule has 1 N–H and O–H groups in total. The van der Waals surface area contributed by atoms with Gasteiger partial charge >= 0.3 is 0 Å². The summed E-state index contributed by atoms with van der Waals surface area (Å²) in [7, 11) is 0. The molecule has 1 amide bonds. The summed E-state index contributed by atoms with van der Waals surface area (Å²) in [6, 6.07) is 15.5. The van der Waals surface area contributed by atoms with Crippen molar-refractivity contribution in [2.45, 2.75) is 30.3 Å². The quantitative estimate of drug-likeness (QED) is 0.492. The van der Waals surface area contributed by atoms with Crippen molar-refractivity contribution in [2.24, 2.45) is 0 Å². The summed E-state index contributed by atoms with van der Waals surface area (Å²) < 4.78 is 1.63. The van der Waals surface area contributed by atoms with E-state index in [2.05, 4.69) is 5.32 Å². The molecule has 1 aliphatic rings. The molecule has 5 nitrogen and oxygen atoms in total. The fraction of sp³-hybridized carbons (Fsp3) is 0.227. The van der Waals surface area contributed by atoms with Gasteiger partial charge in [-0.15, -0.1) is 11.8 Å². The van der Waals surface area contributed by atoms with Crippen molar-refractivity contribution >= 4 is 35.1 Å².